The molecule has 0 aliphatic heterocycles. The minimum absolute atomic E-state index is 0.00879. The number of halogens is 1. The fourth-order valence-corrected chi connectivity index (χ4v) is 2.47. The van der Waals surface area contributed by atoms with Crippen LogP contribution in [0.15, 0.2) is 49.1 Å². The number of carbonyl (C=O) groups is 2. The maximum atomic E-state index is 12.4. The van der Waals surface area contributed by atoms with Crippen molar-refractivity contribution in [1.29, 1.82) is 0 Å². The van der Waals surface area contributed by atoms with Crippen molar-refractivity contribution in [3.63, 3.8) is 0 Å². The predicted molar refractivity (Wildman–Crippen MR) is 91.7 cm³/mol. The monoisotopic (exact) mass is 329 g/mol. The van der Waals surface area contributed by atoms with E-state index in [1.54, 1.807) is 6.07 Å². The molecule has 0 atom stereocenters. The predicted octanol–water partition coefficient (Wildman–Crippen LogP) is 4.51. The van der Waals surface area contributed by atoms with Gasteiger partial charge >= 0.3 is 5.97 Å². The summed E-state index contributed by atoms with van der Waals surface area (Å²) in [7, 11) is 0. The molecule has 0 heterocycles. The standard InChI is InChI=1S/C18H16ClNO3/c1-4-17(21)20(15-7-5-6-11(2)12(15)3)16-10-13(19)8-9-14(16)18(22)23/h4-10H,1H2,2-3H3,(H,22,23). The average molecular weight is 330 g/mol. The lowest BCUT2D eigenvalue weighted by Crippen LogP contribution is -2.26. The Balaban J connectivity index is 2.78. The third-order valence-corrected chi connectivity index (χ3v) is 3.88. The van der Waals surface area contributed by atoms with Crippen LogP contribution >= 0.6 is 11.6 Å². The average Bonchev–Trinajstić information content (AvgIpc) is 2.51. The zero-order valence-corrected chi connectivity index (χ0v) is 13.6. The largest absolute Gasteiger partial charge is 0.478 e. The van der Waals surface area contributed by atoms with E-state index in [0.29, 0.717) is 10.7 Å². The van der Waals surface area contributed by atoms with Gasteiger partial charge in [0.05, 0.1) is 16.9 Å². The molecule has 5 heteroatoms. The maximum absolute atomic E-state index is 12.4. The smallest absolute Gasteiger partial charge is 0.337 e. The highest BCUT2D eigenvalue weighted by Crippen LogP contribution is 2.34. The summed E-state index contributed by atoms with van der Waals surface area (Å²) in [4.78, 5) is 25.3. The topological polar surface area (TPSA) is 57.6 Å². The number of aryl methyl sites for hydroxylation is 1. The third-order valence-electron chi connectivity index (χ3n) is 3.64. The second-order valence-corrected chi connectivity index (χ2v) is 5.50. The Kier molecular flexibility index (Phi) is 4.86. The molecule has 23 heavy (non-hydrogen) atoms. The molecule has 1 amide bonds. The van der Waals surface area contributed by atoms with E-state index in [0.717, 1.165) is 17.2 Å². The van der Waals surface area contributed by atoms with E-state index in [4.69, 9.17) is 11.6 Å². The number of amides is 1. The first-order chi connectivity index (χ1) is 10.9. The first kappa shape index (κ1) is 16.8. The van der Waals surface area contributed by atoms with Crippen LogP contribution in [0, 0.1) is 13.8 Å². The second-order valence-electron chi connectivity index (χ2n) is 5.06. The minimum atomic E-state index is -1.14. The molecule has 0 unspecified atom stereocenters. The van der Waals surface area contributed by atoms with Crippen molar-refractivity contribution in [1.82, 2.24) is 0 Å². The molecule has 0 bridgehead atoms. The number of rotatable bonds is 4. The van der Waals surface area contributed by atoms with Gasteiger partial charge in [0.15, 0.2) is 0 Å². The van der Waals surface area contributed by atoms with Crippen molar-refractivity contribution >= 4 is 34.9 Å². The van der Waals surface area contributed by atoms with E-state index >= 15 is 0 Å². The SMILES string of the molecule is C=CC(=O)N(c1cc(Cl)ccc1C(=O)O)c1cccc(C)c1C. The quantitative estimate of drug-likeness (QED) is 0.840. The molecule has 0 aliphatic carbocycles. The fourth-order valence-electron chi connectivity index (χ4n) is 2.31. The molecule has 0 aromatic heterocycles. The zero-order valence-electron chi connectivity index (χ0n) is 12.8. The Morgan fingerprint density at radius 3 is 2.48 bits per heavy atom. The number of carboxylic acids is 1. The van der Waals surface area contributed by atoms with E-state index in [-0.39, 0.29) is 11.3 Å². The van der Waals surface area contributed by atoms with Gasteiger partial charge in [-0.3, -0.25) is 9.69 Å². The molecule has 0 spiro atoms. The van der Waals surface area contributed by atoms with Crippen LogP contribution in [0.25, 0.3) is 0 Å². The molecule has 2 rings (SSSR count). The van der Waals surface area contributed by atoms with Gasteiger partial charge in [0.25, 0.3) is 5.91 Å². The first-order valence-electron chi connectivity index (χ1n) is 6.92. The second kappa shape index (κ2) is 6.67. The van der Waals surface area contributed by atoms with Gasteiger partial charge in [0.2, 0.25) is 0 Å². The van der Waals surface area contributed by atoms with Gasteiger partial charge in [0.1, 0.15) is 0 Å². The molecular formula is C18H16ClNO3. The van der Waals surface area contributed by atoms with Crippen molar-refractivity contribution in [2.75, 3.05) is 4.90 Å². The number of carboxylic acid groups (broad SMARTS) is 1. The van der Waals surface area contributed by atoms with Gasteiger partial charge in [-0.25, -0.2) is 4.79 Å². The Morgan fingerprint density at radius 2 is 1.87 bits per heavy atom. The van der Waals surface area contributed by atoms with Crippen LogP contribution in [-0.2, 0) is 4.79 Å². The lowest BCUT2D eigenvalue weighted by Gasteiger charge is -2.25. The molecule has 0 saturated heterocycles. The number of anilines is 2. The van der Waals surface area contributed by atoms with Gasteiger partial charge in [0, 0.05) is 5.02 Å². The molecule has 0 radical (unpaired) electrons. The van der Waals surface area contributed by atoms with Crippen molar-refractivity contribution in [2.24, 2.45) is 0 Å². The van der Waals surface area contributed by atoms with E-state index in [2.05, 4.69) is 6.58 Å². The number of carbonyl (C=O) groups excluding carboxylic acids is 1. The summed E-state index contributed by atoms with van der Waals surface area (Å²) in [6, 6.07) is 9.82. The lowest BCUT2D eigenvalue weighted by atomic mass is 10.0. The summed E-state index contributed by atoms with van der Waals surface area (Å²) < 4.78 is 0. The van der Waals surface area contributed by atoms with E-state index in [9.17, 15) is 14.7 Å². The molecule has 1 N–H and O–H groups in total. The Hall–Kier alpha value is -2.59. The van der Waals surface area contributed by atoms with Gasteiger partial charge in [-0.15, -0.1) is 0 Å². The zero-order chi connectivity index (χ0) is 17.1. The third kappa shape index (κ3) is 3.27. The maximum Gasteiger partial charge on any atom is 0.337 e. The molecule has 4 nitrogen and oxygen atoms in total. The fraction of sp³-hybridized carbons (Fsp3) is 0.111. The normalized spacial score (nSPS) is 10.2. The number of aromatic carboxylic acids is 1. The van der Waals surface area contributed by atoms with Gasteiger partial charge in [-0.2, -0.15) is 0 Å². The summed E-state index contributed by atoms with van der Waals surface area (Å²) in [5.74, 6) is -1.56. The summed E-state index contributed by atoms with van der Waals surface area (Å²) in [6.07, 6.45) is 1.15. The highest BCUT2D eigenvalue weighted by atomic mass is 35.5. The molecule has 2 aromatic carbocycles. The van der Waals surface area contributed by atoms with Crippen LogP contribution in [0.4, 0.5) is 11.4 Å². The summed E-state index contributed by atoms with van der Waals surface area (Å²) in [5, 5.41) is 9.77. The molecule has 0 aliphatic rings. The molecule has 0 saturated carbocycles. The highest BCUT2D eigenvalue weighted by molar-refractivity contribution is 6.31. The van der Waals surface area contributed by atoms with Crippen molar-refractivity contribution in [3.05, 3.63) is 70.8 Å². The number of hydrogen-bond acceptors (Lipinski definition) is 2. The van der Waals surface area contributed by atoms with Crippen LogP contribution in [0.2, 0.25) is 5.02 Å². The van der Waals surface area contributed by atoms with Crippen LogP contribution in [-0.4, -0.2) is 17.0 Å². The Labute approximate surface area is 139 Å². The Morgan fingerprint density at radius 1 is 1.17 bits per heavy atom. The molecule has 118 valence electrons. The van der Waals surface area contributed by atoms with E-state index in [1.165, 1.54) is 23.1 Å². The first-order valence-corrected chi connectivity index (χ1v) is 7.30. The molecule has 0 fully saturated rings. The minimum Gasteiger partial charge on any atom is -0.478 e. The molecular weight excluding hydrogens is 314 g/mol. The van der Waals surface area contributed by atoms with Gasteiger partial charge in [-0.05, 0) is 55.3 Å². The van der Waals surface area contributed by atoms with Crippen molar-refractivity contribution in [3.8, 4) is 0 Å². The lowest BCUT2D eigenvalue weighted by molar-refractivity contribution is -0.113. The summed E-state index contributed by atoms with van der Waals surface area (Å²) in [5.41, 5.74) is 2.66. The Bertz CT molecular complexity index is 799. The van der Waals surface area contributed by atoms with Crippen molar-refractivity contribution in [2.45, 2.75) is 13.8 Å². The van der Waals surface area contributed by atoms with Crippen molar-refractivity contribution < 1.29 is 14.7 Å². The van der Waals surface area contributed by atoms with Crippen LogP contribution in [0.1, 0.15) is 21.5 Å². The van der Waals surface area contributed by atoms with E-state index in [1.807, 2.05) is 26.0 Å². The highest BCUT2D eigenvalue weighted by Gasteiger charge is 2.23. The number of hydrogen-bond donors (Lipinski definition) is 1. The number of nitrogens with zero attached hydrogens (tertiary/aromatic N) is 1. The van der Waals surface area contributed by atoms with Crippen LogP contribution < -0.4 is 4.90 Å². The molecule has 2 aromatic rings. The summed E-state index contributed by atoms with van der Waals surface area (Å²) in [6.45, 7) is 7.31. The summed E-state index contributed by atoms with van der Waals surface area (Å²) >= 11 is 6.02. The number of benzene rings is 2. The van der Waals surface area contributed by atoms with Gasteiger partial charge < -0.3 is 5.11 Å². The van der Waals surface area contributed by atoms with Crippen LogP contribution in [0.3, 0.4) is 0 Å². The van der Waals surface area contributed by atoms with Crippen LogP contribution in [0.5, 0.6) is 0 Å². The van der Waals surface area contributed by atoms with E-state index < -0.39 is 11.9 Å². The van der Waals surface area contributed by atoms with Gasteiger partial charge in [-0.1, -0.05) is 30.3 Å².